The minimum absolute atomic E-state index is 0.189. The van der Waals surface area contributed by atoms with Crippen LogP contribution in [0, 0.1) is 0 Å². The molecule has 0 saturated carbocycles. The van der Waals surface area contributed by atoms with Gasteiger partial charge in [-0.15, -0.1) is 0 Å². The van der Waals surface area contributed by atoms with E-state index < -0.39 is 18.1 Å². The smallest absolute Gasteiger partial charge is 0.268 e. The van der Waals surface area contributed by atoms with E-state index in [2.05, 4.69) is 10.3 Å². The molecule has 0 fully saturated rings. The Balaban J connectivity index is 1.85. The van der Waals surface area contributed by atoms with Crippen molar-refractivity contribution in [3.05, 3.63) is 69.6 Å². The Bertz CT molecular complexity index is 708. The Morgan fingerprint density at radius 3 is 2.80 bits per heavy atom. The van der Waals surface area contributed by atoms with Gasteiger partial charge in [-0.05, 0) is 17.2 Å². The Morgan fingerprint density at radius 2 is 2.00 bits per heavy atom. The second kappa shape index (κ2) is 4.94. The molecule has 102 valence electrons. The number of nitrogens with one attached hydrogen (secondary N) is 2. The van der Waals surface area contributed by atoms with Gasteiger partial charge in [-0.3, -0.25) is 9.59 Å². The molecule has 1 amide bonds. The van der Waals surface area contributed by atoms with Crippen LogP contribution < -0.4 is 10.9 Å². The maximum atomic E-state index is 12.1. The van der Waals surface area contributed by atoms with Gasteiger partial charge in [0.2, 0.25) is 5.56 Å². The number of amides is 1. The number of carbonyl (C=O) groups excluding carboxylic acids is 1. The molecular weight excluding hydrogens is 256 g/mol. The van der Waals surface area contributed by atoms with Gasteiger partial charge in [-0.25, -0.2) is 0 Å². The fourth-order valence-electron chi connectivity index (χ4n) is 2.55. The minimum atomic E-state index is -0.646. The average molecular weight is 270 g/mol. The second-order valence-corrected chi connectivity index (χ2v) is 4.85. The van der Waals surface area contributed by atoms with E-state index >= 15 is 0 Å². The van der Waals surface area contributed by atoms with Gasteiger partial charge in [-0.2, -0.15) is 0 Å². The molecule has 2 atom stereocenters. The topological polar surface area (TPSA) is 82.2 Å². The van der Waals surface area contributed by atoms with Crippen LogP contribution in [0.5, 0.6) is 0 Å². The number of rotatable bonds is 2. The van der Waals surface area contributed by atoms with Crippen molar-refractivity contribution < 1.29 is 9.90 Å². The molecule has 0 unspecified atom stereocenters. The van der Waals surface area contributed by atoms with Crippen LogP contribution in [0.3, 0.4) is 0 Å². The summed E-state index contributed by atoms with van der Waals surface area (Å²) in [6, 6.07) is 11.6. The Hall–Kier alpha value is -2.40. The maximum Gasteiger partial charge on any atom is 0.268 e. The van der Waals surface area contributed by atoms with Crippen molar-refractivity contribution in [1.29, 1.82) is 0 Å². The molecule has 0 bridgehead atoms. The molecule has 1 aromatic carbocycles. The molecule has 3 rings (SSSR count). The SMILES string of the molecule is O=C(N[C@H]1c2ccccc2C[C@H]1O)c1cccc(=O)[nH]1. The first kappa shape index (κ1) is 12.6. The van der Waals surface area contributed by atoms with Crippen molar-refractivity contribution in [3.63, 3.8) is 0 Å². The fourth-order valence-corrected chi connectivity index (χ4v) is 2.55. The van der Waals surface area contributed by atoms with Gasteiger partial charge >= 0.3 is 0 Å². The zero-order valence-electron chi connectivity index (χ0n) is 10.7. The lowest BCUT2D eigenvalue weighted by molar-refractivity contribution is 0.0853. The first-order chi connectivity index (χ1) is 9.65. The third-order valence-electron chi connectivity index (χ3n) is 3.50. The number of benzene rings is 1. The van der Waals surface area contributed by atoms with Crippen molar-refractivity contribution in [3.8, 4) is 0 Å². The highest BCUT2D eigenvalue weighted by Crippen LogP contribution is 2.31. The van der Waals surface area contributed by atoms with Crippen LogP contribution in [0.25, 0.3) is 0 Å². The van der Waals surface area contributed by atoms with E-state index in [0.29, 0.717) is 6.42 Å². The number of fused-ring (bicyclic) bond motifs is 1. The van der Waals surface area contributed by atoms with Crippen LogP contribution >= 0.6 is 0 Å². The highest BCUT2D eigenvalue weighted by Gasteiger charge is 2.32. The zero-order chi connectivity index (χ0) is 14.1. The molecule has 2 aromatic rings. The molecule has 0 spiro atoms. The lowest BCUT2D eigenvalue weighted by atomic mass is 10.1. The molecule has 5 heteroatoms. The highest BCUT2D eigenvalue weighted by molar-refractivity contribution is 5.92. The van der Waals surface area contributed by atoms with Gasteiger partial charge < -0.3 is 15.4 Å². The van der Waals surface area contributed by atoms with E-state index in [1.54, 1.807) is 0 Å². The van der Waals surface area contributed by atoms with Crippen LogP contribution in [0.1, 0.15) is 27.7 Å². The molecule has 1 aromatic heterocycles. The normalized spacial score (nSPS) is 20.4. The number of aromatic nitrogens is 1. The van der Waals surface area contributed by atoms with E-state index in [1.165, 1.54) is 18.2 Å². The van der Waals surface area contributed by atoms with E-state index in [1.807, 2.05) is 24.3 Å². The number of hydrogen-bond acceptors (Lipinski definition) is 3. The predicted molar refractivity (Wildman–Crippen MR) is 73.4 cm³/mol. The second-order valence-electron chi connectivity index (χ2n) is 4.85. The van der Waals surface area contributed by atoms with Crippen molar-refractivity contribution >= 4 is 5.91 Å². The molecule has 1 aliphatic rings. The largest absolute Gasteiger partial charge is 0.390 e. The van der Waals surface area contributed by atoms with Crippen LogP contribution in [0.15, 0.2) is 47.3 Å². The van der Waals surface area contributed by atoms with E-state index in [-0.39, 0.29) is 11.3 Å². The summed E-state index contributed by atoms with van der Waals surface area (Å²) in [5.41, 5.74) is 1.82. The number of H-pyrrole nitrogens is 1. The lowest BCUT2D eigenvalue weighted by Crippen LogP contribution is -2.34. The lowest BCUT2D eigenvalue weighted by Gasteiger charge is -2.17. The molecule has 1 heterocycles. The quantitative estimate of drug-likeness (QED) is 0.753. The average Bonchev–Trinajstić information content (AvgIpc) is 2.75. The molecule has 1 aliphatic carbocycles. The summed E-state index contributed by atoms with van der Waals surface area (Å²) in [5, 5.41) is 12.8. The monoisotopic (exact) mass is 270 g/mol. The van der Waals surface area contributed by atoms with Gasteiger partial charge in [0.15, 0.2) is 0 Å². The summed E-state index contributed by atoms with van der Waals surface area (Å²) in [5.74, 6) is -0.400. The molecule has 5 nitrogen and oxygen atoms in total. The molecule has 3 N–H and O–H groups in total. The Labute approximate surface area is 115 Å². The van der Waals surface area contributed by atoms with Gasteiger partial charge in [0.25, 0.3) is 5.91 Å². The number of pyridine rings is 1. The van der Waals surface area contributed by atoms with Crippen LogP contribution in [0.2, 0.25) is 0 Å². The van der Waals surface area contributed by atoms with E-state index in [0.717, 1.165) is 11.1 Å². The summed E-state index contributed by atoms with van der Waals surface area (Å²) in [4.78, 5) is 25.8. The highest BCUT2D eigenvalue weighted by atomic mass is 16.3. The number of hydrogen-bond donors (Lipinski definition) is 3. The van der Waals surface area contributed by atoms with Gasteiger partial charge in [0.05, 0.1) is 12.1 Å². The van der Waals surface area contributed by atoms with Crippen molar-refractivity contribution in [2.45, 2.75) is 18.6 Å². The first-order valence-electron chi connectivity index (χ1n) is 6.41. The summed E-state index contributed by atoms with van der Waals surface area (Å²) in [6.45, 7) is 0. The first-order valence-corrected chi connectivity index (χ1v) is 6.41. The standard InChI is InChI=1S/C15H14N2O3/c18-12-8-9-4-1-2-5-10(9)14(12)17-15(20)11-6-3-7-13(19)16-11/h1-7,12,14,18H,8H2,(H,16,19)(H,17,20)/t12-,14+/m1/s1. The zero-order valence-corrected chi connectivity index (χ0v) is 10.7. The number of aromatic amines is 1. The molecular formula is C15H14N2O3. The van der Waals surface area contributed by atoms with Crippen LogP contribution in [-0.4, -0.2) is 22.1 Å². The van der Waals surface area contributed by atoms with Crippen LogP contribution in [-0.2, 0) is 6.42 Å². The summed E-state index contributed by atoms with van der Waals surface area (Å²) in [7, 11) is 0. The predicted octanol–water partition coefficient (Wildman–Crippen LogP) is 0.763. The summed E-state index contributed by atoms with van der Waals surface area (Å²) in [6.07, 6.45) is -0.126. The molecule has 0 saturated heterocycles. The minimum Gasteiger partial charge on any atom is -0.390 e. The summed E-state index contributed by atoms with van der Waals surface area (Å²) >= 11 is 0. The number of aliphatic hydroxyl groups excluding tert-OH is 1. The third-order valence-corrected chi connectivity index (χ3v) is 3.50. The maximum absolute atomic E-state index is 12.1. The number of aliphatic hydroxyl groups is 1. The third kappa shape index (κ3) is 2.23. The van der Waals surface area contributed by atoms with Crippen LogP contribution in [0.4, 0.5) is 0 Å². The van der Waals surface area contributed by atoms with Crippen molar-refractivity contribution in [1.82, 2.24) is 10.3 Å². The Morgan fingerprint density at radius 1 is 1.20 bits per heavy atom. The van der Waals surface area contributed by atoms with Crippen molar-refractivity contribution in [2.75, 3.05) is 0 Å². The molecule has 0 radical (unpaired) electrons. The van der Waals surface area contributed by atoms with E-state index in [4.69, 9.17) is 0 Å². The van der Waals surface area contributed by atoms with Gasteiger partial charge in [0, 0.05) is 12.5 Å². The van der Waals surface area contributed by atoms with Gasteiger partial charge in [0.1, 0.15) is 5.69 Å². The number of carbonyl (C=O) groups is 1. The molecule has 20 heavy (non-hydrogen) atoms. The summed E-state index contributed by atoms with van der Waals surface area (Å²) < 4.78 is 0. The van der Waals surface area contributed by atoms with E-state index in [9.17, 15) is 14.7 Å². The Kier molecular flexibility index (Phi) is 3.12. The molecule has 0 aliphatic heterocycles. The van der Waals surface area contributed by atoms with Crippen molar-refractivity contribution in [2.24, 2.45) is 0 Å². The van der Waals surface area contributed by atoms with Gasteiger partial charge in [-0.1, -0.05) is 30.3 Å². The fraction of sp³-hybridized carbons (Fsp3) is 0.200.